The van der Waals surface area contributed by atoms with Crippen molar-refractivity contribution in [3.05, 3.63) is 16.4 Å². The number of carbonyl (C=O) groups is 1. The Morgan fingerprint density at radius 1 is 1.39 bits per heavy atom. The van der Waals surface area contributed by atoms with Crippen LogP contribution in [0.2, 0.25) is 5.15 Å². The third-order valence-corrected chi connectivity index (χ3v) is 3.51. The van der Waals surface area contributed by atoms with Crippen molar-refractivity contribution in [1.82, 2.24) is 14.7 Å². The molecule has 1 saturated heterocycles. The number of aromatic nitrogens is 2. The molecule has 100 valence electrons. The van der Waals surface area contributed by atoms with Crippen LogP contribution < -0.4 is 0 Å². The number of morpholine rings is 1. The molecule has 2 atom stereocenters. The summed E-state index contributed by atoms with van der Waals surface area (Å²) in [6.07, 6.45) is 0.0990. The highest BCUT2D eigenvalue weighted by molar-refractivity contribution is 6.33. The van der Waals surface area contributed by atoms with Gasteiger partial charge < -0.3 is 9.64 Å². The zero-order chi connectivity index (χ0) is 13.4. The molecule has 1 fully saturated rings. The molecular formula is C12H18ClN3O2. The third kappa shape index (κ3) is 2.37. The highest BCUT2D eigenvalue weighted by atomic mass is 35.5. The van der Waals surface area contributed by atoms with Gasteiger partial charge in [-0.1, -0.05) is 11.6 Å². The van der Waals surface area contributed by atoms with Crippen molar-refractivity contribution >= 4 is 17.5 Å². The summed E-state index contributed by atoms with van der Waals surface area (Å²) < 4.78 is 7.15. The SMILES string of the molecule is Cc1nn(C)c(Cl)c1C(=O)N1C[C@H](C)O[C@@H](C)C1. The second-order valence-electron chi connectivity index (χ2n) is 4.84. The Bertz CT molecular complexity index is 462. The second kappa shape index (κ2) is 4.90. The molecule has 2 heterocycles. The van der Waals surface area contributed by atoms with E-state index in [0.29, 0.717) is 29.5 Å². The van der Waals surface area contributed by atoms with Crippen molar-refractivity contribution in [2.45, 2.75) is 33.0 Å². The largest absolute Gasteiger partial charge is 0.372 e. The minimum absolute atomic E-state index is 0.0495. The monoisotopic (exact) mass is 271 g/mol. The molecule has 0 radical (unpaired) electrons. The second-order valence-corrected chi connectivity index (χ2v) is 5.20. The molecule has 0 aromatic carbocycles. The molecule has 0 aliphatic carbocycles. The first-order valence-corrected chi connectivity index (χ1v) is 6.41. The van der Waals surface area contributed by atoms with E-state index >= 15 is 0 Å². The summed E-state index contributed by atoms with van der Waals surface area (Å²) in [7, 11) is 1.73. The molecule has 18 heavy (non-hydrogen) atoms. The van der Waals surface area contributed by atoms with E-state index < -0.39 is 0 Å². The van der Waals surface area contributed by atoms with Gasteiger partial charge in [0.05, 0.1) is 23.5 Å². The lowest BCUT2D eigenvalue weighted by Gasteiger charge is -2.35. The molecule has 5 nitrogen and oxygen atoms in total. The number of ether oxygens (including phenoxy) is 1. The standard InChI is InChI=1S/C12H18ClN3O2/c1-7-5-16(6-8(2)18-7)12(17)10-9(3)14-15(4)11(10)13/h7-8H,5-6H2,1-4H3/t7-,8-/m0/s1. The molecule has 0 unspecified atom stereocenters. The zero-order valence-electron chi connectivity index (χ0n) is 11.1. The Morgan fingerprint density at radius 2 is 1.94 bits per heavy atom. The zero-order valence-corrected chi connectivity index (χ0v) is 11.9. The lowest BCUT2D eigenvalue weighted by Crippen LogP contribution is -2.48. The lowest BCUT2D eigenvalue weighted by molar-refractivity contribution is -0.0586. The minimum Gasteiger partial charge on any atom is -0.372 e. The van der Waals surface area contributed by atoms with Crippen LogP contribution in [0.5, 0.6) is 0 Å². The summed E-state index contributed by atoms with van der Waals surface area (Å²) in [5, 5.41) is 4.56. The fourth-order valence-electron chi connectivity index (χ4n) is 2.37. The number of rotatable bonds is 1. The summed E-state index contributed by atoms with van der Waals surface area (Å²) >= 11 is 6.12. The Labute approximate surface area is 112 Å². The van der Waals surface area contributed by atoms with Gasteiger partial charge in [0.2, 0.25) is 0 Å². The van der Waals surface area contributed by atoms with Gasteiger partial charge in [0, 0.05) is 20.1 Å². The number of hydrogen-bond acceptors (Lipinski definition) is 3. The van der Waals surface area contributed by atoms with Gasteiger partial charge in [-0.25, -0.2) is 0 Å². The normalized spacial score (nSPS) is 24.4. The smallest absolute Gasteiger partial charge is 0.259 e. The molecule has 2 rings (SSSR count). The number of hydrogen-bond donors (Lipinski definition) is 0. The van der Waals surface area contributed by atoms with Crippen LogP contribution in [0, 0.1) is 6.92 Å². The highest BCUT2D eigenvalue weighted by Gasteiger charge is 2.30. The molecule has 0 saturated carbocycles. The Kier molecular flexibility index (Phi) is 3.64. The van der Waals surface area contributed by atoms with E-state index in [-0.39, 0.29) is 18.1 Å². The van der Waals surface area contributed by atoms with Crippen LogP contribution in [0.4, 0.5) is 0 Å². The van der Waals surface area contributed by atoms with Gasteiger partial charge in [-0.3, -0.25) is 9.48 Å². The quantitative estimate of drug-likeness (QED) is 0.780. The van der Waals surface area contributed by atoms with Gasteiger partial charge in [0.15, 0.2) is 0 Å². The molecule has 0 spiro atoms. The molecular weight excluding hydrogens is 254 g/mol. The lowest BCUT2D eigenvalue weighted by atomic mass is 10.1. The van der Waals surface area contributed by atoms with E-state index in [0.717, 1.165) is 0 Å². The highest BCUT2D eigenvalue weighted by Crippen LogP contribution is 2.22. The van der Waals surface area contributed by atoms with Gasteiger partial charge in [-0.05, 0) is 20.8 Å². The van der Waals surface area contributed by atoms with Gasteiger partial charge in [0.25, 0.3) is 5.91 Å². The third-order valence-electron chi connectivity index (χ3n) is 3.07. The van der Waals surface area contributed by atoms with Crippen LogP contribution in [-0.4, -0.2) is 45.9 Å². The predicted octanol–water partition coefficient (Wildman–Crippen LogP) is 1.63. The van der Waals surface area contributed by atoms with Gasteiger partial charge in [0.1, 0.15) is 5.15 Å². The maximum absolute atomic E-state index is 12.5. The Hall–Kier alpha value is -1.07. The predicted molar refractivity (Wildman–Crippen MR) is 68.9 cm³/mol. The van der Waals surface area contributed by atoms with Crippen molar-refractivity contribution in [3.63, 3.8) is 0 Å². The summed E-state index contributed by atoms with van der Waals surface area (Å²) in [6, 6.07) is 0. The summed E-state index contributed by atoms with van der Waals surface area (Å²) in [5.74, 6) is -0.0624. The van der Waals surface area contributed by atoms with Crippen LogP contribution >= 0.6 is 11.6 Å². The average molecular weight is 272 g/mol. The molecule has 6 heteroatoms. The maximum Gasteiger partial charge on any atom is 0.259 e. The van der Waals surface area contributed by atoms with Crippen molar-refractivity contribution in [2.75, 3.05) is 13.1 Å². The van der Waals surface area contributed by atoms with Crippen molar-refractivity contribution in [1.29, 1.82) is 0 Å². The summed E-state index contributed by atoms with van der Waals surface area (Å²) in [4.78, 5) is 14.3. The van der Waals surface area contributed by atoms with E-state index in [1.54, 1.807) is 18.9 Å². The van der Waals surface area contributed by atoms with E-state index in [1.807, 2.05) is 13.8 Å². The van der Waals surface area contributed by atoms with Gasteiger partial charge in [-0.15, -0.1) is 0 Å². The number of carbonyl (C=O) groups excluding carboxylic acids is 1. The first kappa shape index (κ1) is 13.4. The van der Waals surface area contributed by atoms with Crippen LogP contribution in [-0.2, 0) is 11.8 Å². The first-order chi connectivity index (χ1) is 8.40. The first-order valence-electron chi connectivity index (χ1n) is 6.04. The van der Waals surface area contributed by atoms with E-state index in [4.69, 9.17) is 16.3 Å². The van der Waals surface area contributed by atoms with E-state index in [2.05, 4.69) is 5.10 Å². The molecule has 1 aromatic heterocycles. The summed E-state index contributed by atoms with van der Waals surface area (Å²) in [5.41, 5.74) is 1.17. The van der Waals surface area contributed by atoms with Gasteiger partial charge in [-0.2, -0.15) is 5.10 Å². The maximum atomic E-state index is 12.5. The molecule has 0 bridgehead atoms. The van der Waals surface area contributed by atoms with Crippen LogP contribution in [0.3, 0.4) is 0 Å². The molecule has 1 aliphatic heterocycles. The molecule has 1 aliphatic rings. The van der Waals surface area contributed by atoms with E-state index in [9.17, 15) is 4.79 Å². The molecule has 1 aromatic rings. The van der Waals surface area contributed by atoms with Crippen LogP contribution in [0.1, 0.15) is 29.9 Å². The van der Waals surface area contributed by atoms with Crippen molar-refractivity contribution in [2.24, 2.45) is 7.05 Å². The van der Waals surface area contributed by atoms with Crippen molar-refractivity contribution in [3.8, 4) is 0 Å². The fraction of sp³-hybridized carbons (Fsp3) is 0.667. The number of amides is 1. The number of halogens is 1. The number of nitrogens with zero attached hydrogens (tertiary/aromatic N) is 3. The van der Waals surface area contributed by atoms with Crippen molar-refractivity contribution < 1.29 is 9.53 Å². The van der Waals surface area contributed by atoms with Crippen LogP contribution in [0.25, 0.3) is 0 Å². The number of aryl methyl sites for hydroxylation is 2. The molecule has 0 N–H and O–H groups in total. The summed E-state index contributed by atoms with van der Waals surface area (Å²) in [6.45, 7) is 6.91. The van der Waals surface area contributed by atoms with Gasteiger partial charge >= 0.3 is 0 Å². The van der Waals surface area contributed by atoms with Crippen LogP contribution in [0.15, 0.2) is 0 Å². The fourth-order valence-corrected chi connectivity index (χ4v) is 2.63. The minimum atomic E-state index is -0.0624. The average Bonchev–Trinajstić information content (AvgIpc) is 2.51. The van der Waals surface area contributed by atoms with E-state index in [1.165, 1.54) is 4.68 Å². The molecule has 1 amide bonds. The Morgan fingerprint density at radius 3 is 2.39 bits per heavy atom. The Balaban J connectivity index is 2.25. The topological polar surface area (TPSA) is 47.4 Å².